The van der Waals surface area contributed by atoms with Crippen molar-refractivity contribution in [2.24, 2.45) is 11.8 Å². The molecule has 5 heteroatoms. The maximum absolute atomic E-state index is 6.03. The van der Waals surface area contributed by atoms with Crippen LogP contribution in [0.4, 0.5) is 5.95 Å². The molecular weight excluding hydrogens is 434 g/mol. The highest BCUT2D eigenvalue weighted by atomic mass is 16.5. The second-order valence-electron chi connectivity index (χ2n) is 9.66. The van der Waals surface area contributed by atoms with Gasteiger partial charge in [-0.1, -0.05) is 55.0 Å². The number of benzene rings is 1. The number of hydrogen-bond donors (Lipinski definition) is 1. The molecule has 3 atom stereocenters. The summed E-state index contributed by atoms with van der Waals surface area (Å²) in [6, 6.07) is 10.3. The number of rotatable bonds is 4. The molecule has 5 nitrogen and oxygen atoms in total. The Labute approximate surface area is 210 Å². The van der Waals surface area contributed by atoms with Gasteiger partial charge in [-0.3, -0.25) is 0 Å². The Morgan fingerprint density at radius 2 is 2.14 bits per heavy atom. The summed E-state index contributed by atoms with van der Waals surface area (Å²) in [6.45, 7) is 3.75. The van der Waals surface area contributed by atoms with Crippen LogP contribution in [0.2, 0.25) is 0 Å². The van der Waals surface area contributed by atoms with Gasteiger partial charge in [0.2, 0.25) is 5.95 Å². The molecule has 1 aromatic heterocycles. The fourth-order valence-corrected chi connectivity index (χ4v) is 4.80. The number of aromatic nitrogens is 2. The molecule has 3 unspecified atom stereocenters. The molecule has 0 spiro atoms. The molecule has 0 fully saturated rings. The molecule has 0 amide bonds. The monoisotopic (exact) mass is 473 g/mol. The summed E-state index contributed by atoms with van der Waals surface area (Å²) in [5, 5.41) is 3.57. The van der Waals surface area contributed by atoms with Crippen molar-refractivity contribution < 1.29 is 9.47 Å². The molecule has 6 bridgehead atoms. The lowest BCUT2D eigenvalue weighted by Crippen LogP contribution is -2.27. The molecule has 35 heavy (non-hydrogen) atoms. The lowest BCUT2D eigenvalue weighted by Gasteiger charge is -2.25. The number of hydrogen-bond acceptors (Lipinski definition) is 5. The Hall–Kier alpha value is -2.92. The number of allylic oxidation sites excluding steroid dienone is 3. The van der Waals surface area contributed by atoms with E-state index in [0.29, 0.717) is 24.4 Å². The zero-order chi connectivity index (χ0) is 24.3. The molecular formula is C30H39N3O2. The van der Waals surface area contributed by atoms with E-state index >= 15 is 0 Å². The predicted octanol–water partition coefficient (Wildman–Crippen LogP) is 7.00. The van der Waals surface area contributed by atoms with Crippen LogP contribution >= 0.6 is 0 Å². The topological polar surface area (TPSA) is 56.3 Å². The Morgan fingerprint density at radius 3 is 3.06 bits per heavy atom. The fourth-order valence-electron chi connectivity index (χ4n) is 4.80. The van der Waals surface area contributed by atoms with Crippen molar-refractivity contribution in [3.05, 3.63) is 72.5 Å². The van der Waals surface area contributed by atoms with E-state index in [2.05, 4.69) is 59.7 Å². The maximum Gasteiger partial charge on any atom is 0.223 e. The number of nitrogens with one attached hydrogen (secondary N) is 1. The Morgan fingerprint density at radius 1 is 1.20 bits per heavy atom. The molecule has 2 aromatic rings. The highest BCUT2D eigenvalue weighted by Gasteiger charge is 2.18. The second kappa shape index (κ2) is 13.2. The minimum atomic E-state index is 0.186. The van der Waals surface area contributed by atoms with Crippen molar-refractivity contribution in [3.8, 4) is 17.0 Å². The molecule has 2 heterocycles. The second-order valence-corrected chi connectivity index (χ2v) is 9.66. The highest BCUT2D eigenvalue weighted by Crippen LogP contribution is 2.27. The van der Waals surface area contributed by atoms with Crippen LogP contribution in [0.3, 0.4) is 0 Å². The summed E-state index contributed by atoms with van der Waals surface area (Å²) in [5.41, 5.74) is 3.33. The van der Waals surface area contributed by atoms with Gasteiger partial charge in [0.1, 0.15) is 5.75 Å². The van der Waals surface area contributed by atoms with Gasteiger partial charge in [-0.05, 0) is 75.0 Å². The lowest BCUT2D eigenvalue weighted by atomic mass is 9.88. The van der Waals surface area contributed by atoms with Crippen LogP contribution in [0.5, 0.6) is 5.75 Å². The average molecular weight is 474 g/mol. The molecule has 1 aliphatic carbocycles. The van der Waals surface area contributed by atoms with Crippen LogP contribution in [-0.2, 0) is 4.74 Å². The van der Waals surface area contributed by atoms with E-state index in [1.165, 1.54) is 24.8 Å². The summed E-state index contributed by atoms with van der Waals surface area (Å²) in [7, 11) is 1.79. The van der Waals surface area contributed by atoms with Gasteiger partial charge in [0.25, 0.3) is 0 Å². The molecule has 1 N–H and O–H groups in total. The zero-order valence-electron chi connectivity index (χ0n) is 21.2. The van der Waals surface area contributed by atoms with E-state index in [1.54, 1.807) is 7.11 Å². The summed E-state index contributed by atoms with van der Waals surface area (Å²) < 4.78 is 11.3. The van der Waals surface area contributed by atoms with E-state index in [1.807, 2.05) is 24.4 Å². The summed E-state index contributed by atoms with van der Waals surface area (Å²) in [5.74, 6) is 2.61. The van der Waals surface area contributed by atoms with Gasteiger partial charge < -0.3 is 14.8 Å². The van der Waals surface area contributed by atoms with Crippen LogP contribution in [0.15, 0.2) is 72.5 Å². The summed E-state index contributed by atoms with van der Waals surface area (Å²) in [4.78, 5) is 9.32. The number of ether oxygens (including phenoxy) is 2. The van der Waals surface area contributed by atoms with Crippen molar-refractivity contribution in [1.82, 2.24) is 9.97 Å². The van der Waals surface area contributed by atoms with Crippen molar-refractivity contribution in [2.75, 3.05) is 25.6 Å². The van der Waals surface area contributed by atoms with Crippen LogP contribution < -0.4 is 10.1 Å². The third-order valence-corrected chi connectivity index (χ3v) is 6.88. The molecule has 186 valence electrons. The van der Waals surface area contributed by atoms with Gasteiger partial charge in [0.15, 0.2) is 0 Å². The van der Waals surface area contributed by atoms with E-state index in [9.17, 15) is 0 Å². The summed E-state index contributed by atoms with van der Waals surface area (Å²) >= 11 is 0. The molecule has 1 aromatic carbocycles. The normalized spacial score (nSPS) is 23.9. The Bertz CT molecular complexity index is 1030. The van der Waals surface area contributed by atoms with E-state index in [0.717, 1.165) is 49.3 Å². The first-order valence-electron chi connectivity index (χ1n) is 13.1. The minimum absolute atomic E-state index is 0.186. The van der Waals surface area contributed by atoms with E-state index in [-0.39, 0.29) is 6.04 Å². The van der Waals surface area contributed by atoms with Crippen molar-refractivity contribution in [3.63, 3.8) is 0 Å². The van der Waals surface area contributed by atoms with Crippen LogP contribution in [0.1, 0.15) is 51.9 Å². The molecule has 0 radical (unpaired) electrons. The average Bonchev–Trinajstić information content (AvgIpc) is 2.87. The molecule has 2 aliphatic rings. The van der Waals surface area contributed by atoms with E-state index in [4.69, 9.17) is 14.5 Å². The third-order valence-electron chi connectivity index (χ3n) is 6.88. The van der Waals surface area contributed by atoms with Gasteiger partial charge in [-0.15, -0.1) is 0 Å². The van der Waals surface area contributed by atoms with Gasteiger partial charge in [0.05, 0.1) is 18.3 Å². The van der Waals surface area contributed by atoms with Crippen LogP contribution in [0, 0.1) is 11.8 Å². The number of methoxy groups -OCH3 is 1. The van der Waals surface area contributed by atoms with Gasteiger partial charge in [-0.25, -0.2) is 9.97 Å². The molecule has 4 rings (SSSR count). The molecule has 0 saturated heterocycles. The van der Waals surface area contributed by atoms with Crippen molar-refractivity contribution >= 4 is 5.95 Å². The van der Waals surface area contributed by atoms with Crippen LogP contribution in [-0.4, -0.2) is 36.3 Å². The predicted molar refractivity (Wildman–Crippen MR) is 144 cm³/mol. The standard InChI is InChI=1S/C30H39N3O2/c1-23-15-16-25-11-6-10-24(12-8-19-34-2)9-4-3-5-20-35-27-14-7-13-26(22-27)28-17-18-31-30(32-28)33-29(23)21-25/h3-4,7,13-18,21-24,29H,5-6,8-12,19-20H2,1-2H3,(H,31,32,33)/b4-3+. The molecule has 1 aliphatic heterocycles. The first-order valence-corrected chi connectivity index (χ1v) is 13.1. The zero-order valence-corrected chi connectivity index (χ0v) is 21.2. The number of nitrogens with zero attached hydrogens (tertiary/aromatic N) is 2. The Balaban J connectivity index is 1.53. The lowest BCUT2D eigenvalue weighted by molar-refractivity contribution is 0.185. The smallest absolute Gasteiger partial charge is 0.223 e. The number of anilines is 1. The third kappa shape index (κ3) is 7.79. The maximum atomic E-state index is 6.03. The minimum Gasteiger partial charge on any atom is -0.493 e. The fraction of sp³-hybridized carbons (Fsp3) is 0.467. The van der Waals surface area contributed by atoms with Gasteiger partial charge in [0, 0.05) is 25.5 Å². The largest absolute Gasteiger partial charge is 0.493 e. The SMILES string of the molecule is COCCCC1C/C=C/CCOc2cccc(c2)-c2ccnc(n2)NC2C=C(C=CC2C)CCC1. The van der Waals surface area contributed by atoms with Gasteiger partial charge in [-0.2, -0.15) is 0 Å². The summed E-state index contributed by atoms with van der Waals surface area (Å²) in [6.07, 6.45) is 21.3. The Kier molecular flexibility index (Phi) is 9.53. The van der Waals surface area contributed by atoms with Crippen LogP contribution in [0.25, 0.3) is 11.3 Å². The van der Waals surface area contributed by atoms with Crippen molar-refractivity contribution in [1.29, 1.82) is 0 Å². The number of fused-ring (bicyclic) bond motifs is 6. The quantitative estimate of drug-likeness (QED) is 0.383. The first kappa shape index (κ1) is 25.2. The van der Waals surface area contributed by atoms with Gasteiger partial charge >= 0.3 is 0 Å². The molecule has 0 saturated carbocycles. The highest BCUT2D eigenvalue weighted by molar-refractivity contribution is 5.62. The van der Waals surface area contributed by atoms with E-state index < -0.39 is 0 Å². The van der Waals surface area contributed by atoms with Crippen molar-refractivity contribution in [2.45, 2.75) is 57.9 Å². The first-order chi connectivity index (χ1) is 17.2.